The molecular formula is C25H25BrN2O4. The van der Waals surface area contributed by atoms with E-state index < -0.39 is 17.6 Å². The highest BCUT2D eigenvalue weighted by Crippen LogP contribution is 2.46. The maximum Gasteiger partial charge on any atom is 0.418 e. The predicted octanol–water partition coefficient (Wildman–Crippen LogP) is 4.40. The van der Waals surface area contributed by atoms with E-state index in [0.29, 0.717) is 30.9 Å². The van der Waals surface area contributed by atoms with E-state index in [0.717, 1.165) is 33.3 Å². The van der Waals surface area contributed by atoms with Crippen LogP contribution in [-0.2, 0) is 32.9 Å². The minimum absolute atomic E-state index is 0.0496. The first-order valence-corrected chi connectivity index (χ1v) is 11.9. The molecule has 5 rings (SSSR count). The van der Waals surface area contributed by atoms with Crippen LogP contribution in [0.4, 0.5) is 4.79 Å². The van der Waals surface area contributed by atoms with Crippen LogP contribution in [0.3, 0.4) is 0 Å². The van der Waals surface area contributed by atoms with E-state index in [4.69, 9.17) is 4.74 Å². The fourth-order valence-electron chi connectivity index (χ4n) is 4.90. The molecule has 32 heavy (non-hydrogen) atoms. The van der Waals surface area contributed by atoms with Gasteiger partial charge in [0.25, 0.3) is 5.91 Å². The Bertz CT molecular complexity index is 1080. The van der Waals surface area contributed by atoms with Crippen LogP contribution < -0.4 is 0 Å². The molecule has 0 bridgehead atoms. The van der Waals surface area contributed by atoms with Gasteiger partial charge in [-0.25, -0.2) is 9.69 Å². The molecule has 7 heteroatoms. The van der Waals surface area contributed by atoms with Crippen LogP contribution >= 0.6 is 15.9 Å². The summed E-state index contributed by atoms with van der Waals surface area (Å²) in [7, 11) is 0. The van der Waals surface area contributed by atoms with Crippen LogP contribution in [0.5, 0.6) is 0 Å². The average Bonchev–Trinajstić information content (AvgIpc) is 3.54. The fraction of sp³-hybridized carbons (Fsp3) is 0.400. The van der Waals surface area contributed by atoms with Gasteiger partial charge in [0.1, 0.15) is 6.54 Å². The molecule has 1 saturated heterocycles. The lowest BCUT2D eigenvalue weighted by atomic mass is 9.95. The third-order valence-electron chi connectivity index (χ3n) is 6.93. The van der Waals surface area contributed by atoms with Crippen molar-refractivity contribution in [2.45, 2.75) is 50.8 Å². The minimum Gasteiger partial charge on any atom is -0.427 e. The number of nitrogens with zero attached hydrogens (tertiary/aromatic N) is 2. The summed E-state index contributed by atoms with van der Waals surface area (Å²) in [6.07, 6.45) is 2.51. The molecule has 3 aliphatic rings. The van der Waals surface area contributed by atoms with Crippen molar-refractivity contribution in [3.05, 3.63) is 69.7 Å². The third kappa shape index (κ3) is 3.62. The first-order chi connectivity index (χ1) is 15.4. The lowest BCUT2D eigenvalue weighted by Crippen LogP contribution is -2.47. The number of benzene rings is 2. The molecule has 2 aliphatic carbocycles. The van der Waals surface area contributed by atoms with Crippen molar-refractivity contribution in [1.82, 2.24) is 9.80 Å². The molecule has 2 atom stereocenters. The average molecular weight is 497 g/mol. The number of halogens is 1. The molecule has 1 saturated carbocycles. The van der Waals surface area contributed by atoms with Gasteiger partial charge < -0.3 is 9.64 Å². The zero-order valence-corrected chi connectivity index (χ0v) is 19.5. The summed E-state index contributed by atoms with van der Waals surface area (Å²) >= 11 is 3.45. The lowest BCUT2D eigenvalue weighted by molar-refractivity contribution is -0.143. The van der Waals surface area contributed by atoms with E-state index in [1.54, 1.807) is 4.90 Å². The van der Waals surface area contributed by atoms with Crippen LogP contribution in [0.2, 0.25) is 0 Å². The number of rotatable bonds is 6. The number of imide groups is 1. The predicted molar refractivity (Wildman–Crippen MR) is 122 cm³/mol. The molecule has 1 spiro atoms. The van der Waals surface area contributed by atoms with E-state index in [2.05, 4.69) is 22.9 Å². The van der Waals surface area contributed by atoms with Crippen molar-refractivity contribution >= 4 is 33.8 Å². The summed E-state index contributed by atoms with van der Waals surface area (Å²) in [4.78, 5) is 42.4. The van der Waals surface area contributed by atoms with Crippen LogP contribution in [0.25, 0.3) is 0 Å². The first kappa shape index (κ1) is 21.2. The highest BCUT2D eigenvalue weighted by atomic mass is 79.9. The third-order valence-corrected chi connectivity index (χ3v) is 7.42. The number of ether oxygens (including phenoxy) is 1. The van der Waals surface area contributed by atoms with Crippen molar-refractivity contribution in [1.29, 1.82) is 0 Å². The largest absolute Gasteiger partial charge is 0.427 e. The Hall–Kier alpha value is -2.67. The number of fused-ring (bicyclic) bond motifs is 2. The van der Waals surface area contributed by atoms with Gasteiger partial charge in [-0.05, 0) is 55.4 Å². The summed E-state index contributed by atoms with van der Waals surface area (Å²) in [5.74, 6) is -0.205. The molecule has 2 aromatic rings. The van der Waals surface area contributed by atoms with E-state index >= 15 is 0 Å². The van der Waals surface area contributed by atoms with Crippen molar-refractivity contribution < 1.29 is 19.1 Å². The Balaban J connectivity index is 1.38. The van der Waals surface area contributed by atoms with Crippen LogP contribution in [0, 0.1) is 5.92 Å². The van der Waals surface area contributed by atoms with Crippen molar-refractivity contribution in [2.24, 2.45) is 5.92 Å². The SMILES string of the molecule is C[C@@H](C1CC1)N(Cc1ccccc1)C(=O)CN1C(=O)OC2(CCc3ccc(Br)cc32)C1=O. The second kappa shape index (κ2) is 8.03. The maximum absolute atomic E-state index is 13.4. The van der Waals surface area contributed by atoms with Gasteiger partial charge in [0, 0.05) is 29.0 Å². The Labute approximate surface area is 195 Å². The van der Waals surface area contributed by atoms with Gasteiger partial charge >= 0.3 is 6.09 Å². The Morgan fingerprint density at radius 2 is 1.97 bits per heavy atom. The first-order valence-electron chi connectivity index (χ1n) is 11.1. The highest BCUT2D eigenvalue weighted by Gasteiger charge is 2.58. The van der Waals surface area contributed by atoms with Crippen molar-refractivity contribution in [3.8, 4) is 0 Å². The molecule has 166 valence electrons. The van der Waals surface area contributed by atoms with Gasteiger partial charge in [-0.1, -0.05) is 52.3 Å². The summed E-state index contributed by atoms with van der Waals surface area (Å²) in [6, 6.07) is 15.6. The smallest absolute Gasteiger partial charge is 0.418 e. The summed E-state index contributed by atoms with van der Waals surface area (Å²) < 4.78 is 6.50. The van der Waals surface area contributed by atoms with Crippen LogP contribution in [-0.4, -0.2) is 40.3 Å². The number of amides is 3. The number of carbonyl (C=O) groups is 3. The molecule has 3 amide bonds. The molecule has 0 aromatic heterocycles. The summed E-state index contributed by atoms with van der Waals surface area (Å²) in [5.41, 5.74) is 1.42. The second-order valence-electron chi connectivity index (χ2n) is 8.97. The summed E-state index contributed by atoms with van der Waals surface area (Å²) in [6.45, 7) is 2.21. The van der Waals surface area contributed by atoms with E-state index in [-0.39, 0.29) is 18.5 Å². The molecule has 0 radical (unpaired) electrons. The van der Waals surface area contributed by atoms with Gasteiger partial charge in [-0.3, -0.25) is 9.59 Å². The molecule has 1 unspecified atom stereocenters. The van der Waals surface area contributed by atoms with Gasteiger partial charge in [0.15, 0.2) is 0 Å². The zero-order valence-electron chi connectivity index (χ0n) is 17.9. The normalized spacial score (nSPS) is 22.8. The van der Waals surface area contributed by atoms with Gasteiger partial charge in [-0.15, -0.1) is 0 Å². The number of hydrogen-bond acceptors (Lipinski definition) is 4. The lowest BCUT2D eigenvalue weighted by Gasteiger charge is -2.30. The van der Waals surface area contributed by atoms with Crippen LogP contribution in [0.1, 0.15) is 42.9 Å². The highest BCUT2D eigenvalue weighted by molar-refractivity contribution is 9.10. The van der Waals surface area contributed by atoms with Crippen molar-refractivity contribution in [3.63, 3.8) is 0 Å². The van der Waals surface area contributed by atoms with Crippen LogP contribution in [0.15, 0.2) is 53.0 Å². The van der Waals surface area contributed by atoms with Crippen molar-refractivity contribution in [2.75, 3.05) is 6.54 Å². The standard InChI is InChI=1S/C25H25BrN2O4/c1-16(18-7-8-18)27(14-17-5-3-2-4-6-17)22(29)15-28-23(30)25(32-24(28)31)12-11-19-9-10-20(26)13-21(19)25/h2-6,9-10,13,16,18H,7-8,11-12,14-15H2,1H3/t16-,25?/m0/s1. The molecule has 2 fully saturated rings. The number of carbonyl (C=O) groups excluding carboxylic acids is 3. The van der Waals surface area contributed by atoms with E-state index in [1.165, 1.54) is 0 Å². The molecule has 2 aromatic carbocycles. The van der Waals surface area contributed by atoms with Gasteiger partial charge in [0.05, 0.1) is 0 Å². The second-order valence-corrected chi connectivity index (χ2v) is 9.89. The van der Waals surface area contributed by atoms with E-state index in [1.807, 2.05) is 48.5 Å². The summed E-state index contributed by atoms with van der Waals surface area (Å²) in [5, 5.41) is 0. The quantitative estimate of drug-likeness (QED) is 0.594. The maximum atomic E-state index is 13.4. The Morgan fingerprint density at radius 1 is 1.22 bits per heavy atom. The molecule has 0 N–H and O–H groups in total. The van der Waals surface area contributed by atoms with Gasteiger partial charge in [0.2, 0.25) is 11.5 Å². The topological polar surface area (TPSA) is 66.9 Å². The molecular weight excluding hydrogens is 472 g/mol. The zero-order chi connectivity index (χ0) is 22.5. The number of hydrogen-bond donors (Lipinski definition) is 0. The molecule has 1 aliphatic heterocycles. The molecule has 6 nitrogen and oxygen atoms in total. The number of aryl methyl sites for hydroxylation is 1. The Morgan fingerprint density at radius 3 is 2.69 bits per heavy atom. The minimum atomic E-state index is -1.32. The monoisotopic (exact) mass is 496 g/mol. The molecule has 1 heterocycles. The Kier molecular flexibility index (Phi) is 5.32. The fourth-order valence-corrected chi connectivity index (χ4v) is 5.26. The van der Waals surface area contributed by atoms with Gasteiger partial charge in [-0.2, -0.15) is 0 Å². The van der Waals surface area contributed by atoms with E-state index in [9.17, 15) is 14.4 Å².